The molecule has 3 heteroatoms. The summed E-state index contributed by atoms with van der Waals surface area (Å²) in [5.41, 5.74) is 9.11. The number of rotatable bonds is 2. The van der Waals surface area contributed by atoms with E-state index in [1.807, 2.05) is 20.0 Å². The zero-order chi connectivity index (χ0) is 11.0. The van der Waals surface area contributed by atoms with Crippen LogP contribution in [0.4, 0.5) is 5.69 Å². The molecule has 1 aliphatic heterocycles. The molecule has 0 radical (unpaired) electrons. The Morgan fingerprint density at radius 2 is 2.27 bits per heavy atom. The number of anilines is 1. The first-order valence-corrected chi connectivity index (χ1v) is 5.22. The lowest BCUT2D eigenvalue weighted by Gasteiger charge is -2.12. The van der Waals surface area contributed by atoms with Crippen molar-refractivity contribution in [3.63, 3.8) is 0 Å². The van der Waals surface area contributed by atoms with Gasteiger partial charge in [-0.25, -0.2) is 0 Å². The second kappa shape index (κ2) is 3.66. The minimum atomic E-state index is 0.158. The van der Waals surface area contributed by atoms with Gasteiger partial charge in [-0.1, -0.05) is 12.1 Å². The van der Waals surface area contributed by atoms with Crippen molar-refractivity contribution in [2.24, 2.45) is 5.73 Å². The van der Waals surface area contributed by atoms with Gasteiger partial charge < -0.3 is 10.6 Å². The Morgan fingerprint density at radius 3 is 2.93 bits per heavy atom. The molecule has 15 heavy (non-hydrogen) atoms. The Morgan fingerprint density at radius 1 is 1.53 bits per heavy atom. The SMILES string of the molecule is CC(N)Cc1ccc2c(c1)N(C)C(=O)C2. The zero-order valence-corrected chi connectivity index (χ0v) is 9.16. The van der Waals surface area contributed by atoms with Crippen molar-refractivity contribution < 1.29 is 4.79 Å². The van der Waals surface area contributed by atoms with E-state index >= 15 is 0 Å². The standard InChI is InChI=1S/C12H16N2O/c1-8(13)5-9-3-4-10-7-12(15)14(2)11(10)6-9/h3-4,6,8H,5,7,13H2,1-2H3. The first-order valence-electron chi connectivity index (χ1n) is 5.22. The fraction of sp³-hybridized carbons (Fsp3) is 0.417. The van der Waals surface area contributed by atoms with Crippen molar-refractivity contribution >= 4 is 11.6 Å². The van der Waals surface area contributed by atoms with Crippen LogP contribution in [0.15, 0.2) is 18.2 Å². The van der Waals surface area contributed by atoms with E-state index in [9.17, 15) is 4.79 Å². The normalized spacial score (nSPS) is 16.7. The van der Waals surface area contributed by atoms with E-state index in [2.05, 4.69) is 12.1 Å². The van der Waals surface area contributed by atoms with Crippen LogP contribution >= 0.6 is 0 Å². The van der Waals surface area contributed by atoms with E-state index in [0.29, 0.717) is 6.42 Å². The molecule has 1 atom stereocenters. The number of likely N-dealkylation sites (N-methyl/N-ethyl adjacent to an activating group) is 1. The van der Waals surface area contributed by atoms with Crippen molar-refractivity contribution in [3.8, 4) is 0 Å². The summed E-state index contributed by atoms with van der Waals surface area (Å²) in [4.78, 5) is 13.2. The summed E-state index contributed by atoms with van der Waals surface area (Å²) in [6, 6.07) is 6.33. The third-order valence-electron chi connectivity index (χ3n) is 2.78. The highest BCUT2D eigenvalue weighted by molar-refractivity contribution is 6.00. The number of fused-ring (bicyclic) bond motifs is 1. The van der Waals surface area contributed by atoms with Crippen molar-refractivity contribution in [1.29, 1.82) is 0 Å². The van der Waals surface area contributed by atoms with Crippen LogP contribution in [0, 0.1) is 0 Å². The fourth-order valence-electron chi connectivity index (χ4n) is 1.99. The van der Waals surface area contributed by atoms with Crippen LogP contribution in [0.2, 0.25) is 0 Å². The van der Waals surface area contributed by atoms with Gasteiger partial charge in [0.1, 0.15) is 0 Å². The van der Waals surface area contributed by atoms with Crippen LogP contribution in [0.25, 0.3) is 0 Å². The number of carbonyl (C=O) groups excluding carboxylic acids is 1. The topological polar surface area (TPSA) is 46.3 Å². The maximum Gasteiger partial charge on any atom is 0.231 e. The Labute approximate surface area is 89.9 Å². The maximum atomic E-state index is 11.5. The van der Waals surface area contributed by atoms with E-state index in [4.69, 9.17) is 5.73 Å². The van der Waals surface area contributed by atoms with Crippen LogP contribution in [-0.2, 0) is 17.6 Å². The Bertz CT molecular complexity index is 399. The highest BCUT2D eigenvalue weighted by Gasteiger charge is 2.23. The van der Waals surface area contributed by atoms with E-state index in [-0.39, 0.29) is 11.9 Å². The van der Waals surface area contributed by atoms with Crippen LogP contribution in [0.1, 0.15) is 18.1 Å². The summed E-state index contributed by atoms with van der Waals surface area (Å²) in [6.45, 7) is 1.99. The Balaban J connectivity index is 2.31. The van der Waals surface area contributed by atoms with Crippen molar-refractivity contribution in [1.82, 2.24) is 0 Å². The quantitative estimate of drug-likeness (QED) is 0.784. The molecule has 0 fully saturated rings. The molecule has 1 amide bonds. The monoisotopic (exact) mass is 204 g/mol. The van der Waals surface area contributed by atoms with E-state index in [1.165, 1.54) is 5.56 Å². The van der Waals surface area contributed by atoms with Gasteiger partial charge in [0.2, 0.25) is 5.91 Å². The highest BCUT2D eigenvalue weighted by Crippen LogP contribution is 2.28. The molecule has 1 unspecified atom stereocenters. The lowest BCUT2D eigenvalue weighted by molar-refractivity contribution is -0.117. The number of benzene rings is 1. The fourth-order valence-corrected chi connectivity index (χ4v) is 1.99. The number of hydrogen-bond donors (Lipinski definition) is 1. The molecule has 0 saturated carbocycles. The highest BCUT2D eigenvalue weighted by atomic mass is 16.2. The number of amides is 1. The largest absolute Gasteiger partial charge is 0.328 e. The average Bonchev–Trinajstić information content (AvgIpc) is 2.43. The van der Waals surface area contributed by atoms with E-state index in [0.717, 1.165) is 17.7 Å². The molecule has 0 aromatic heterocycles. The van der Waals surface area contributed by atoms with Crippen molar-refractivity contribution in [2.45, 2.75) is 25.8 Å². The Kier molecular flexibility index (Phi) is 2.49. The summed E-state index contributed by atoms with van der Waals surface area (Å²) < 4.78 is 0. The lowest BCUT2D eigenvalue weighted by atomic mass is 10.0. The first kappa shape index (κ1) is 10.2. The van der Waals surface area contributed by atoms with Gasteiger partial charge in [0, 0.05) is 18.8 Å². The first-order chi connectivity index (χ1) is 7.08. The van der Waals surface area contributed by atoms with Gasteiger partial charge >= 0.3 is 0 Å². The van der Waals surface area contributed by atoms with Gasteiger partial charge in [0.25, 0.3) is 0 Å². The number of hydrogen-bond acceptors (Lipinski definition) is 2. The van der Waals surface area contributed by atoms with Crippen molar-refractivity contribution in [3.05, 3.63) is 29.3 Å². The predicted molar refractivity (Wildman–Crippen MR) is 60.9 cm³/mol. The van der Waals surface area contributed by atoms with Crippen LogP contribution in [0.5, 0.6) is 0 Å². The van der Waals surface area contributed by atoms with Crippen LogP contribution in [0.3, 0.4) is 0 Å². The van der Waals surface area contributed by atoms with Crippen molar-refractivity contribution in [2.75, 3.05) is 11.9 Å². The summed E-state index contributed by atoms with van der Waals surface area (Å²) in [7, 11) is 1.82. The molecule has 2 rings (SSSR count). The van der Waals surface area contributed by atoms with Gasteiger partial charge in [-0.05, 0) is 30.5 Å². The summed E-state index contributed by atoms with van der Waals surface area (Å²) in [5, 5.41) is 0. The number of carbonyl (C=O) groups is 1. The van der Waals surface area contributed by atoms with E-state index < -0.39 is 0 Å². The molecular weight excluding hydrogens is 188 g/mol. The molecule has 0 saturated heterocycles. The third-order valence-corrected chi connectivity index (χ3v) is 2.78. The molecule has 0 spiro atoms. The van der Waals surface area contributed by atoms with E-state index in [1.54, 1.807) is 4.90 Å². The second-order valence-electron chi connectivity index (χ2n) is 4.27. The second-order valence-corrected chi connectivity index (χ2v) is 4.27. The summed E-state index contributed by atoms with van der Waals surface area (Å²) >= 11 is 0. The molecule has 80 valence electrons. The van der Waals surface area contributed by atoms with Gasteiger partial charge in [0.05, 0.1) is 6.42 Å². The molecular formula is C12H16N2O. The molecule has 1 heterocycles. The maximum absolute atomic E-state index is 11.5. The molecule has 0 bridgehead atoms. The molecule has 1 aromatic carbocycles. The predicted octanol–water partition coefficient (Wildman–Crippen LogP) is 1.10. The van der Waals surface area contributed by atoms with Crippen LogP contribution < -0.4 is 10.6 Å². The molecule has 1 aromatic rings. The average molecular weight is 204 g/mol. The minimum Gasteiger partial charge on any atom is -0.328 e. The molecule has 3 nitrogen and oxygen atoms in total. The minimum absolute atomic E-state index is 0.158. The Hall–Kier alpha value is -1.35. The zero-order valence-electron chi connectivity index (χ0n) is 9.16. The smallest absolute Gasteiger partial charge is 0.231 e. The lowest BCUT2D eigenvalue weighted by Crippen LogP contribution is -2.21. The number of nitrogens with two attached hydrogens (primary N) is 1. The summed E-state index contributed by atoms with van der Waals surface area (Å²) in [5.74, 6) is 0.169. The molecule has 0 aliphatic carbocycles. The van der Waals surface area contributed by atoms with Gasteiger partial charge in [0.15, 0.2) is 0 Å². The summed E-state index contributed by atoms with van der Waals surface area (Å²) in [6.07, 6.45) is 1.39. The molecule has 2 N–H and O–H groups in total. The molecule has 1 aliphatic rings. The van der Waals surface area contributed by atoms with Gasteiger partial charge in [-0.3, -0.25) is 4.79 Å². The van der Waals surface area contributed by atoms with Gasteiger partial charge in [-0.2, -0.15) is 0 Å². The number of nitrogens with zero attached hydrogens (tertiary/aromatic N) is 1. The van der Waals surface area contributed by atoms with Gasteiger partial charge in [-0.15, -0.1) is 0 Å². The van der Waals surface area contributed by atoms with Crippen LogP contribution in [-0.4, -0.2) is 19.0 Å². The third kappa shape index (κ3) is 1.88.